The van der Waals surface area contributed by atoms with Crippen molar-refractivity contribution in [1.82, 2.24) is 9.97 Å². The second-order valence-electron chi connectivity index (χ2n) is 12.5. The first-order valence-corrected chi connectivity index (χ1v) is 14.9. The van der Waals surface area contributed by atoms with Crippen molar-refractivity contribution in [2.45, 2.75) is 38.9 Å². The summed E-state index contributed by atoms with van der Waals surface area (Å²) in [6.45, 7) is 8.38. The van der Waals surface area contributed by atoms with Crippen LogP contribution in [0.3, 0.4) is 0 Å². The normalized spacial score (nSPS) is 16.0. The van der Waals surface area contributed by atoms with Gasteiger partial charge in [-0.25, -0.2) is 9.97 Å². The van der Waals surface area contributed by atoms with Gasteiger partial charge in [0, 0.05) is 16.5 Å². The molecule has 0 spiro atoms. The van der Waals surface area contributed by atoms with Crippen molar-refractivity contribution < 1.29 is 9.31 Å². The number of fused-ring (bicyclic) bond motifs is 7. The third kappa shape index (κ3) is 4.15. The Morgan fingerprint density at radius 1 is 0.488 bits per heavy atom. The molecule has 0 unspecified atom stereocenters. The van der Waals surface area contributed by atoms with E-state index in [4.69, 9.17) is 19.3 Å². The molecule has 1 fully saturated rings. The van der Waals surface area contributed by atoms with Gasteiger partial charge in [-0.15, -0.1) is 0 Å². The number of aromatic nitrogens is 2. The van der Waals surface area contributed by atoms with Gasteiger partial charge in [-0.3, -0.25) is 0 Å². The molecule has 0 amide bonds. The minimum Gasteiger partial charge on any atom is -0.399 e. The van der Waals surface area contributed by atoms with E-state index in [0.29, 0.717) is 0 Å². The lowest BCUT2D eigenvalue weighted by Crippen LogP contribution is -2.41. The highest BCUT2D eigenvalue weighted by atomic mass is 16.7. The standard InChI is InChI=1S/C38H31BN2O2/c1-37(2)38(3,4)43-39(42-37)26-19-21-30-29-20-18-25(22-32(29)27-14-8-9-15-28(27)33(30)23-26)36-40-34-17-11-10-16-31(34)35(41-36)24-12-6-5-7-13-24/h5-23H,1-4H3. The summed E-state index contributed by atoms with van der Waals surface area (Å²) in [7, 11) is -0.407. The first-order chi connectivity index (χ1) is 20.8. The monoisotopic (exact) mass is 558 g/mol. The molecule has 2 heterocycles. The van der Waals surface area contributed by atoms with Crippen molar-refractivity contribution in [1.29, 1.82) is 0 Å². The maximum atomic E-state index is 6.40. The van der Waals surface area contributed by atoms with Crippen LogP contribution in [0.15, 0.2) is 115 Å². The van der Waals surface area contributed by atoms with Crippen molar-refractivity contribution in [2.75, 3.05) is 0 Å². The van der Waals surface area contributed by atoms with Gasteiger partial charge in [-0.2, -0.15) is 0 Å². The summed E-state index contributed by atoms with van der Waals surface area (Å²) < 4.78 is 12.8. The molecule has 1 aliphatic heterocycles. The van der Waals surface area contributed by atoms with Gasteiger partial charge in [0.05, 0.1) is 22.4 Å². The van der Waals surface area contributed by atoms with E-state index in [1.165, 1.54) is 32.3 Å². The maximum Gasteiger partial charge on any atom is 0.494 e. The number of hydrogen-bond acceptors (Lipinski definition) is 4. The molecule has 1 aliphatic rings. The largest absolute Gasteiger partial charge is 0.494 e. The van der Waals surface area contributed by atoms with Crippen molar-refractivity contribution in [2.24, 2.45) is 0 Å². The van der Waals surface area contributed by atoms with E-state index < -0.39 is 7.12 Å². The van der Waals surface area contributed by atoms with Crippen LogP contribution in [-0.2, 0) is 9.31 Å². The molecule has 7 aromatic rings. The fourth-order valence-electron chi connectivity index (χ4n) is 6.26. The quantitative estimate of drug-likeness (QED) is 0.161. The van der Waals surface area contributed by atoms with Gasteiger partial charge in [0.25, 0.3) is 0 Å². The third-order valence-electron chi connectivity index (χ3n) is 9.29. The summed E-state index contributed by atoms with van der Waals surface area (Å²) in [4.78, 5) is 10.2. The van der Waals surface area contributed by atoms with E-state index in [2.05, 4.69) is 125 Å². The van der Waals surface area contributed by atoms with E-state index >= 15 is 0 Å². The number of hydrogen-bond donors (Lipinski definition) is 0. The molecule has 208 valence electrons. The smallest absolute Gasteiger partial charge is 0.399 e. The molecule has 8 rings (SSSR count). The average molecular weight is 558 g/mol. The summed E-state index contributed by atoms with van der Waals surface area (Å²) in [6, 6.07) is 40.4. The van der Waals surface area contributed by atoms with Crippen LogP contribution in [0.1, 0.15) is 27.7 Å². The van der Waals surface area contributed by atoms with Crippen molar-refractivity contribution in [3.8, 4) is 22.6 Å². The van der Waals surface area contributed by atoms with E-state index in [1.807, 2.05) is 18.2 Å². The Bertz CT molecular complexity index is 2170. The molecule has 1 aromatic heterocycles. The Labute approximate surface area is 251 Å². The van der Waals surface area contributed by atoms with Crippen molar-refractivity contribution >= 4 is 55.8 Å². The Morgan fingerprint density at radius 3 is 1.74 bits per heavy atom. The highest BCUT2D eigenvalue weighted by molar-refractivity contribution is 6.62. The Balaban J connectivity index is 1.32. The van der Waals surface area contributed by atoms with Gasteiger partial charge in [-0.1, -0.05) is 103 Å². The molecule has 43 heavy (non-hydrogen) atoms. The molecule has 0 saturated carbocycles. The first-order valence-electron chi connectivity index (χ1n) is 14.9. The predicted molar refractivity (Wildman–Crippen MR) is 179 cm³/mol. The predicted octanol–water partition coefficient (Wildman–Crippen LogP) is 8.72. The zero-order chi connectivity index (χ0) is 29.3. The van der Waals surface area contributed by atoms with Crippen LogP contribution in [0.4, 0.5) is 0 Å². The molecule has 1 saturated heterocycles. The van der Waals surface area contributed by atoms with Crippen molar-refractivity contribution in [3.05, 3.63) is 115 Å². The molecule has 4 nitrogen and oxygen atoms in total. The van der Waals surface area contributed by atoms with Crippen molar-refractivity contribution in [3.63, 3.8) is 0 Å². The number of para-hydroxylation sites is 1. The zero-order valence-corrected chi connectivity index (χ0v) is 24.8. The zero-order valence-electron chi connectivity index (χ0n) is 24.8. The summed E-state index contributed by atoms with van der Waals surface area (Å²) in [6.07, 6.45) is 0. The third-order valence-corrected chi connectivity index (χ3v) is 9.29. The van der Waals surface area contributed by atoms with Gasteiger partial charge in [0.2, 0.25) is 0 Å². The van der Waals surface area contributed by atoms with Crippen LogP contribution < -0.4 is 5.46 Å². The number of nitrogens with zero attached hydrogens (tertiary/aromatic N) is 2. The SMILES string of the molecule is CC1(C)OB(c2ccc3c4ccc(-c5nc(-c6ccccc6)c6ccccc6n5)cc4c4ccccc4c3c2)OC1(C)C. The molecule has 0 aliphatic carbocycles. The van der Waals surface area contributed by atoms with Gasteiger partial charge in [0.15, 0.2) is 5.82 Å². The van der Waals surface area contributed by atoms with Gasteiger partial charge < -0.3 is 9.31 Å². The highest BCUT2D eigenvalue weighted by Gasteiger charge is 2.51. The fraction of sp³-hybridized carbons (Fsp3) is 0.158. The molecule has 5 heteroatoms. The molecule has 0 N–H and O–H groups in total. The average Bonchev–Trinajstić information content (AvgIpc) is 3.26. The Hall–Kier alpha value is -4.58. The van der Waals surface area contributed by atoms with Gasteiger partial charge >= 0.3 is 7.12 Å². The Morgan fingerprint density at radius 2 is 1.05 bits per heavy atom. The maximum absolute atomic E-state index is 6.40. The van der Waals surface area contributed by atoms with Gasteiger partial charge in [0.1, 0.15) is 0 Å². The molecular weight excluding hydrogens is 527 g/mol. The summed E-state index contributed by atoms with van der Waals surface area (Å²) in [5, 5.41) is 8.21. The lowest BCUT2D eigenvalue weighted by molar-refractivity contribution is 0.00578. The van der Waals surface area contributed by atoms with Gasteiger partial charge in [-0.05, 0) is 77.6 Å². The van der Waals surface area contributed by atoms with E-state index in [0.717, 1.165) is 39.0 Å². The highest BCUT2D eigenvalue weighted by Crippen LogP contribution is 2.39. The lowest BCUT2D eigenvalue weighted by atomic mass is 9.77. The molecular formula is C38H31BN2O2. The minimum atomic E-state index is -0.407. The number of benzene rings is 6. The summed E-state index contributed by atoms with van der Waals surface area (Å²) in [5.74, 6) is 0.722. The molecule has 6 aromatic carbocycles. The van der Waals surface area contributed by atoms with E-state index in [9.17, 15) is 0 Å². The van der Waals surface area contributed by atoms with E-state index in [-0.39, 0.29) is 11.2 Å². The second kappa shape index (κ2) is 9.47. The molecule has 0 atom stereocenters. The van der Waals surface area contributed by atoms with E-state index in [1.54, 1.807) is 0 Å². The first kappa shape index (κ1) is 26.1. The topological polar surface area (TPSA) is 44.2 Å². The fourth-order valence-corrected chi connectivity index (χ4v) is 6.26. The summed E-state index contributed by atoms with van der Waals surface area (Å²) >= 11 is 0. The minimum absolute atomic E-state index is 0.389. The molecule has 0 bridgehead atoms. The van der Waals surface area contributed by atoms with Crippen LogP contribution in [0.5, 0.6) is 0 Å². The Kier molecular flexibility index (Phi) is 5.74. The van der Waals surface area contributed by atoms with Crippen LogP contribution in [0, 0.1) is 0 Å². The van der Waals surface area contributed by atoms with Crippen LogP contribution in [-0.4, -0.2) is 28.3 Å². The summed E-state index contributed by atoms with van der Waals surface area (Å²) in [5.41, 5.74) is 4.21. The second-order valence-corrected chi connectivity index (χ2v) is 12.5. The van der Waals surface area contributed by atoms with Crippen LogP contribution in [0.25, 0.3) is 65.9 Å². The number of rotatable bonds is 3. The van der Waals surface area contributed by atoms with Crippen LogP contribution >= 0.6 is 0 Å². The molecule has 0 radical (unpaired) electrons. The lowest BCUT2D eigenvalue weighted by Gasteiger charge is -2.32. The van der Waals surface area contributed by atoms with Crippen LogP contribution in [0.2, 0.25) is 0 Å².